The highest BCUT2D eigenvalue weighted by Crippen LogP contribution is 2.64. The van der Waals surface area contributed by atoms with Crippen LogP contribution in [0.4, 0.5) is 0 Å². The first-order chi connectivity index (χ1) is 10.5. The van der Waals surface area contributed by atoms with E-state index in [9.17, 15) is 0 Å². The minimum atomic E-state index is -0.150. The highest BCUT2D eigenvalue weighted by molar-refractivity contribution is 5.13. The molecule has 4 fully saturated rings. The summed E-state index contributed by atoms with van der Waals surface area (Å²) in [6, 6.07) is 0. The predicted molar refractivity (Wildman–Crippen MR) is 85.0 cm³/mol. The van der Waals surface area contributed by atoms with Gasteiger partial charge in [0.05, 0.1) is 24.9 Å². The molecule has 4 nitrogen and oxygen atoms in total. The van der Waals surface area contributed by atoms with E-state index >= 15 is 0 Å². The van der Waals surface area contributed by atoms with Gasteiger partial charge in [-0.1, -0.05) is 13.8 Å². The Hall–Kier alpha value is -0.160. The molecule has 0 aromatic rings. The molecule has 1 aliphatic heterocycles. The SMILES string of the molecule is CC1(C)C2CC3OCCCOCCOCCCO[C@]3(C)C1C2. The lowest BCUT2D eigenvalue weighted by atomic mass is 9.43. The maximum atomic E-state index is 6.43. The predicted octanol–water partition coefficient (Wildman–Crippen LogP) is 3.04. The molecule has 128 valence electrons. The molecule has 0 N–H and O–H groups in total. The van der Waals surface area contributed by atoms with Crippen molar-refractivity contribution in [3.8, 4) is 0 Å². The van der Waals surface area contributed by atoms with E-state index < -0.39 is 0 Å². The summed E-state index contributed by atoms with van der Waals surface area (Å²) < 4.78 is 23.8. The van der Waals surface area contributed by atoms with Gasteiger partial charge in [0.1, 0.15) is 0 Å². The second kappa shape index (κ2) is 6.76. The Morgan fingerprint density at radius 2 is 1.45 bits per heavy atom. The molecule has 3 unspecified atom stereocenters. The smallest absolute Gasteiger partial charge is 0.0948 e. The second-order valence-electron chi connectivity index (χ2n) is 7.87. The molecule has 3 saturated carbocycles. The first-order valence-electron chi connectivity index (χ1n) is 8.96. The van der Waals surface area contributed by atoms with Gasteiger partial charge in [-0.25, -0.2) is 0 Å². The number of ether oxygens (including phenoxy) is 4. The summed E-state index contributed by atoms with van der Waals surface area (Å²) in [4.78, 5) is 0. The van der Waals surface area contributed by atoms with E-state index in [1.807, 2.05) is 0 Å². The largest absolute Gasteiger partial charge is 0.379 e. The van der Waals surface area contributed by atoms with Gasteiger partial charge >= 0.3 is 0 Å². The van der Waals surface area contributed by atoms with Gasteiger partial charge in [-0.05, 0) is 49.9 Å². The van der Waals surface area contributed by atoms with E-state index in [0.29, 0.717) is 24.5 Å². The molecule has 1 saturated heterocycles. The van der Waals surface area contributed by atoms with E-state index in [-0.39, 0.29) is 11.7 Å². The van der Waals surface area contributed by atoms with Gasteiger partial charge in [0.25, 0.3) is 0 Å². The minimum absolute atomic E-state index is 0.150. The summed E-state index contributed by atoms with van der Waals surface area (Å²) in [6.45, 7) is 11.5. The summed E-state index contributed by atoms with van der Waals surface area (Å²) in [6.07, 6.45) is 4.55. The minimum Gasteiger partial charge on any atom is -0.379 e. The van der Waals surface area contributed by atoms with Crippen molar-refractivity contribution in [3.63, 3.8) is 0 Å². The number of rotatable bonds is 0. The molecular weight excluding hydrogens is 280 g/mol. The van der Waals surface area contributed by atoms with Crippen molar-refractivity contribution in [1.82, 2.24) is 0 Å². The molecule has 4 heteroatoms. The molecule has 0 aromatic carbocycles. The van der Waals surface area contributed by atoms with Crippen molar-refractivity contribution in [2.45, 2.75) is 58.2 Å². The maximum Gasteiger partial charge on any atom is 0.0948 e. The Morgan fingerprint density at radius 1 is 0.773 bits per heavy atom. The third-order valence-electron chi connectivity index (χ3n) is 6.27. The lowest BCUT2D eigenvalue weighted by Crippen LogP contribution is -2.68. The van der Waals surface area contributed by atoms with Crippen LogP contribution in [0, 0.1) is 17.3 Å². The molecule has 0 spiro atoms. The average molecular weight is 312 g/mol. The Kier molecular flexibility index (Phi) is 5.13. The van der Waals surface area contributed by atoms with E-state index in [1.54, 1.807) is 0 Å². The van der Waals surface area contributed by atoms with Crippen molar-refractivity contribution in [1.29, 1.82) is 0 Å². The number of hydrogen-bond acceptors (Lipinski definition) is 4. The second-order valence-corrected chi connectivity index (χ2v) is 7.87. The number of hydrogen-bond donors (Lipinski definition) is 0. The topological polar surface area (TPSA) is 36.9 Å². The molecule has 4 rings (SSSR count). The Bertz CT molecular complexity index is 370. The quantitative estimate of drug-likeness (QED) is 0.689. The molecule has 0 aromatic heterocycles. The molecule has 0 radical (unpaired) electrons. The van der Waals surface area contributed by atoms with Gasteiger partial charge in [0.2, 0.25) is 0 Å². The zero-order chi connectivity index (χ0) is 15.6. The first kappa shape index (κ1) is 16.7. The van der Waals surface area contributed by atoms with Gasteiger partial charge in [0.15, 0.2) is 0 Å². The molecule has 4 atom stereocenters. The van der Waals surface area contributed by atoms with Crippen molar-refractivity contribution < 1.29 is 18.9 Å². The van der Waals surface area contributed by atoms with Crippen LogP contribution in [0.25, 0.3) is 0 Å². The zero-order valence-electron chi connectivity index (χ0n) is 14.4. The van der Waals surface area contributed by atoms with Gasteiger partial charge in [-0.15, -0.1) is 0 Å². The monoisotopic (exact) mass is 312 g/mol. The van der Waals surface area contributed by atoms with Crippen LogP contribution >= 0.6 is 0 Å². The van der Waals surface area contributed by atoms with Gasteiger partial charge in [-0.2, -0.15) is 0 Å². The zero-order valence-corrected chi connectivity index (χ0v) is 14.4. The molecule has 22 heavy (non-hydrogen) atoms. The van der Waals surface area contributed by atoms with Crippen LogP contribution in [0.15, 0.2) is 0 Å². The normalized spacial score (nSPS) is 43.5. The molecule has 4 aliphatic rings. The lowest BCUT2D eigenvalue weighted by Gasteiger charge is -2.66. The van der Waals surface area contributed by atoms with Crippen molar-refractivity contribution >= 4 is 0 Å². The third kappa shape index (κ3) is 3.08. The van der Waals surface area contributed by atoms with Gasteiger partial charge in [0, 0.05) is 26.4 Å². The first-order valence-corrected chi connectivity index (χ1v) is 8.96. The van der Waals surface area contributed by atoms with Gasteiger partial charge < -0.3 is 18.9 Å². The maximum absolute atomic E-state index is 6.43. The van der Waals surface area contributed by atoms with Gasteiger partial charge in [-0.3, -0.25) is 0 Å². The molecule has 1 heterocycles. The highest BCUT2D eigenvalue weighted by Gasteiger charge is 2.64. The lowest BCUT2D eigenvalue weighted by molar-refractivity contribution is -0.276. The highest BCUT2D eigenvalue weighted by atomic mass is 16.6. The van der Waals surface area contributed by atoms with E-state index in [2.05, 4.69) is 20.8 Å². The fraction of sp³-hybridized carbons (Fsp3) is 1.00. The van der Waals surface area contributed by atoms with Crippen molar-refractivity contribution in [2.75, 3.05) is 39.6 Å². The van der Waals surface area contributed by atoms with Crippen LogP contribution in [0.1, 0.15) is 46.5 Å². The Morgan fingerprint density at radius 3 is 2.14 bits per heavy atom. The van der Waals surface area contributed by atoms with Crippen LogP contribution in [0.2, 0.25) is 0 Å². The standard InChI is InChI=1S/C18H32O4/c1-17(2)14-12-15(17)18(3)16(13-14)21-8-4-6-19-10-11-20-7-5-9-22-18/h14-16H,4-13H2,1-3H3/t14?,15?,16?,18-/m1/s1. The summed E-state index contributed by atoms with van der Waals surface area (Å²) >= 11 is 0. The van der Waals surface area contributed by atoms with Crippen LogP contribution in [-0.4, -0.2) is 51.3 Å². The molecule has 0 amide bonds. The van der Waals surface area contributed by atoms with E-state index in [0.717, 1.165) is 51.6 Å². The third-order valence-corrected chi connectivity index (χ3v) is 6.27. The van der Waals surface area contributed by atoms with Crippen LogP contribution in [0.3, 0.4) is 0 Å². The van der Waals surface area contributed by atoms with Crippen molar-refractivity contribution in [3.05, 3.63) is 0 Å². The van der Waals surface area contributed by atoms with Crippen LogP contribution < -0.4 is 0 Å². The Labute approximate surface area is 134 Å². The summed E-state index contributed by atoms with van der Waals surface area (Å²) in [5.74, 6) is 1.39. The fourth-order valence-electron chi connectivity index (χ4n) is 4.69. The summed E-state index contributed by atoms with van der Waals surface area (Å²) in [7, 11) is 0. The van der Waals surface area contributed by atoms with Crippen LogP contribution in [0.5, 0.6) is 0 Å². The molecular formula is C18H32O4. The summed E-state index contributed by atoms with van der Waals surface area (Å²) in [5, 5.41) is 0. The fourth-order valence-corrected chi connectivity index (χ4v) is 4.69. The van der Waals surface area contributed by atoms with E-state index in [4.69, 9.17) is 18.9 Å². The van der Waals surface area contributed by atoms with Crippen molar-refractivity contribution in [2.24, 2.45) is 17.3 Å². The average Bonchev–Trinajstić information content (AvgIpc) is 2.48. The van der Waals surface area contributed by atoms with Crippen LogP contribution in [-0.2, 0) is 18.9 Å². The molecule has 2 bridgehead atoms. The molecule has 3 aliphatic carbocycles. The van der Waals surface area contributed by atoms with E-state index in [1.165, 1.54) is 6.42 Å². The Balaban J connectivity index is 1.66. The summed E-state index contributed by atoms with van der Waals surface area (Å²) in [5.41, 5.74) is 0.239.